The van der Waals surface area contributed by atoms with E-state index in [0.717, 1.165) is 6.42 Å². The summed E-state index contributed by atoms with van der Waals surface area (Å²) in [6, 6.07) is 0. The van der Waals surface area contributed by atoms with Gasteiger partial charge in [0.25, 0.3) is 0 Å². The van der Waals surface area contributed by atoms with E-state index < -0.39 is 111 Å². The number of Topliss-reactive ketones (excluding diaryl/α,β-unsaturated/α-hetero) is 1. The Kier molecular flexibility index (Phi) is 17.6. The van der Waals surface area contributed by atoms with Gasteiger partial charge < -0.3 is 80.4 Å². The maximum absolute atomic E-state index is 11.3. The monoisotopic (exact) mass is 751 g/mol. The molecule has 0 aromatic rings. The van der Waals surface area contributed by atoms with Crippen LogP contribution in [0.15, 0.2) is 4.99 Å². The Labute approximate surface area is 306 Å². The number of hydrogen-bond donors (Lipinski definition) is 9. The number of aliphatic hydroxyl groups excluding tert-OH is 7. The maximum Gasteiger partial charge on any atom is 0.187 e. The fraction of sp³-hybridized carbons (Fsp3) is 0.943. The molecule has 3 heterocycles. The first-order valence-electron chi connectivity index (χ1n) is 18.6. The highest BCUT2D eigenvalue weighted by Gasteiger charge is 2.53. The molecule has 0 aromatic heterocycles. The van der Waals surface area contributed by atoms with Gasteiger partial charge in [-0.2, -0.15) is 0 Å². The molecule has 0 aromatic carbocycles. The zero-order valence-corrected chi connectivity index (χ0v) is 31.5. The Morgan fingerprint density at radius 2 is 1.15 bits per heavy atom. The first-order chi connectivity index (χ1) is 24.5. The number of guanidine groups is 1. The Bertz CT molecular complexity index is 1110. The Hall–Kier alpha value is -1.58. The summed E-state index contributed by atoms with van der Waals surface area (Å²) in [6.07, 6.45) is -12.1. The molecule has 0 radical (unpaired) electrons. The van der Waals surface area contributed by atoms with Crippen molar-refractivity contribution in [2.75, 3.05) is 13.2 Å². The van der Waals surface area contributed by atoms with Crippen LogP contribution < -0.4 is 11.5 Å². The average molecular weight is 752 g/mol. The van der Waals surface area contributed by atoms with Gasteiger partial charge in [-0.3, -0.25) is 4.99 Å². The second-order valence-corrected chi connectivity index (χ2v) is 14.9. The third-order valence-corrected chi connectivity index (χ3v) is 10.7. The third kappa shape index (κ3) is 11.0. The number of hydrogen-bond acceptors (Lipinski definition) is 15. The summed E-state index contributed by atoms with van der Waals surface area (Å²) in [6.45, 7) is 12.5. The number of ketones is 1. The highest BCUT2D eigenvalue weighted by atomic mass is 16.8. The molecular weight excluding hydrogens is 686 g/mol. The molecule has 0 amide bonds. The van der Waals surface area contributed by atoms with E-state index in [1.54, 1.807) is 20.8 Å². The zero-order valence-electron chi connectivity index (χ0n) is 31.5. The Morgan fingerprint density at radius 3 is 1.62 bits per heavy atom. The lowest BCUT2D eigenvalue weighted by Crippen LogP contribution is -2.59. The number of ether oxygens (including phenoxy) is 6. The van der Waals surface area contributed by atoms with Crippen molar-refractivity contribution in [1.82, 2.24) is 0 Å². The summed E-state index contributed by atoms with van der Waals surface area (Å²) in [5, 5.41) is 74.4. The lowest BCUT2D eigenvalue weighted by atomic mass is 9.77. The third-order valence-electron chi connectivity index (χ3n) is 10.7. The Morgan fingerprint density at radius 1 is 0.673 bits per heavy atom. The largest absolute Gasteiger partial charge is 0.394 e. The van der Waals surface area contributed by atoms with Crippen molar-refractivity contribution in [2.45, 2.75) is 173 Å². The van der Waals surface area contributed by atoms with Crippen LogP contribution in [0.25, 0.3) is 0 Å². The van der Waals surface area contributed by atoms with Gasteiger partial charge in [0, 0.05) is 24.8 Å². The van der Waals surface area contributed by atoms with Crippen molar-refractivity contribution < 1.29 is 69.0 Å². The predicted molar refractivity (Wildman–Crippen MR) is 186 cm³/mol. The molecule has 3 aliphatic heterocycles. The lowest BCUT2D eigenvalue weighted by molar-refractivity contribution is -0.325. The van der Waals surface area contributed by atoms with Gasteiger partial charge in [-0.1, -0.05) is 41.5 Å². The van der Waals surface area contributed by atoms with E-state index in [1.165, 1.54) is 0 Å². The van der Waals surface area contributed by atoms with Crippen LogP contribution in [0.5, 0.6) is 0 Å². The quantitative estimate of drug-likeness (QED) is 0.0612. The van der Waals surface area contributed by atoms with E-state index in [2.05, 4.69) is 4.99 Å². The van der Waals surface area contributed by atoms with Crippen LogP contribution in [0.3, 0.4) is 0 Å². The molecule has 4 rings (SSSR count). The number of aliphatic hydroxyl groups is 7. The zero-order chi connectivity index (χ0) is 39.0. The van der Waals surface area contributed by atoms with Gasteiger partial charge in [0.2, 0.25) is 0 Å². The van der Waals surface area contributed by atoms with Crippen molar-refractivity contribution in [3.8, 4) is 0 Å². The molecule has 3 saturated heterocycles. The topological polar surface area (TPSA) is 278 Å². The number of carbonyl (C=O) groups excluding carboxylic acids is 1. The normalized spacial score (nSPS) is 45.2. The predicted octanol–water partition coefficient (Wildman–Crippen LogP) is -1.13. The van der Waals surface area contributed by atoms with Crippen LogP contribution in [0.4, 0.5) is 0 Å². The van der Waals surface area contributed by atoms with Crippen molar-refractivity contribution in [3.63, 3.8) is 0 Å². The van der Waals surface area contributed by atoms with Gasteiger partial charge in [0.1, 0.15) is 42.4 Å². The number of aliphatic imine (C=N–C) groups is 1. The highest BCUT2D eigenvalue weighted by molar-refractivity contribution is 5.76. The van der Waals surface area contributed by atoms with E-state index >= 15 is 0 Å². The SMILES string of the molecule is CC(=O)CCCN=C(N)N.CCC1OC(OC2C(CO)OC(OC3C(O)C(C)CC(C)C3OC3OC(CC)C(O)C(O)C3C)C2O)C(C)C(O)C1O. The molecule has 11 N–H and O–H groups in total. The molecule has 4 aliphatic rings. The summed E-state index contributed by atoms with van der Waals surface area (Å²) in [5.41, 5.74) is 10.1. The van der Waals surface area contributed by atoms with Crippen LogP contribution in [0.2, 0.25) is 0 Å². The van der Waals surface area contributed by atoms with Gasteiger partial charge in [0.05, 0.1) is 43.2 Å². The van der Waals surface area contributed by atoms with E-state index in [1.807, 2.05) is 27.7 Å². The summed E-state index contributed by atoms with van der Waals surface area (Å²) < 4.78 is 36.4. The molecular formula is C35H65N3O14. The maximum atomic E-state index is 11.3. The summed E-state index contributed by atoms with van der Waals surface area (Å²) >= 11 is 0. The van der Waals surface area contributed by atoms with Crippen LogP contribution in [-0.4, -0.2) is 153 Å². The molecule has 52 heavy (non-hydrogen) atoms. The van der Waals surface area contributed by atoms with Gasteiger partial charge in [-0.15, -0.1) is 0 Å². The molecule has 17 heteroatoms. The first-order valence-corrected chi connectivity index (χ1v) is 18.6. The van der Waals surface area contributed by atoms with Crippen molar-refractivity contribution in [3.05, 3.63) is 0 Å². The van der Waals surface area contributed by atoms with Crippen molar-refractivity contribution >= 4 is 11.7 Å². The van der Waals surface area contributed by atoms with Crippen molar-refractivity contribution in [1.29, 1.82) is 0 Å². The number of nitrogens with zero attached hydrogens (tertiary/aromatic N) is 1. The molecule has 19 unspecified atom stereocenters. The first kappa shape index (κ1) is 44.8. The molecule has 17 nitrogen and oxygen atoms in total. The minimum absolute atomic E-state index is 0.0866. The van der Waals surface area contributed by atoms with Crippen LogP contribution in [-0.2, 0) is 33.2 Å². The van der Waals surface area contributed by atoms with Crippen molar-refractivity contribution in [2.24, 2.45) is 40.1 Å². The second-order valence-electron chi connectivity index (χ2n) is 14.9. The summed E-state index contributed by atoms with van der Waals surface area (Å²) in [4.78, 5) is 14.1. The smallest absolute Gasteiger partial charge is 0.187 e. The summed E-state index contributed by atoms with van der Waals surface area (Å²) in [5.74, 6) is -1.21. The number of nitrogens with two attached hydrogens (primary N) is 2. The number of carbonyl (C=O) groups is 1. The van der Waals surface area contributed by atoms with Crippen LogP contribution in [0, 0.1) is 23.7 Å². The summed E-state index contributed by atoms with van der Waals surface area (Å²) in [7, 11) is 0. The van der Waals surface area contributed by atoms with Gasteiger partial charge in [0.15, 0.2) is 24.8 Å². The minimum atomic E-state index is -1.39. The molecule has 0 bridgehead atoms. The molecule has 4 fully saturated rings. The van der Waals surface area contributed by atoms with Gasteiger partial charge in [-0.25, -0.2) is 0 Å². The molecule has 1 aliphatic carbocycles. The molecule has 1 saturated carbocycles. The van der Waals surface area contributed by atoms with E-state index in [4.69, 9.17) is 39.9 Å². The van der Waals surface area contributed by atoms with Crippen LogP contribution in [0.1, 0.15) is 80.6 Å². The fourth-order valence-electron chi connectivity index (χ4n) is 7.33. The Balaban J connectivity index is 0.000000636. The standard InChI is InChI=1S/C29H52O13.C6H13N3O/c1-7-15-21(34)19(32)13(5)27(37-15)40-24-12(4)9-11(3)18(31)26(24)42-29-23(36)25(17(10-30)39-29)41-28-14(6)20(33)22(35)16(8-2)38-28;1-5(10)3-2-4-9-6(7)8/h11-36H,7-10H2,1-6H3;2-4H2,1H3,(H4,7,8,9). The minimum Gasteiger partial charge on any atom is -0.394 e. The average Bonchev–Trinajstić information content (AvgIpc) is 3.40. The van der Waals surface area contributed by atoms with E-state index in [-0.39, 0.29) is 23.6 Å². The lowest BCUT2D eigenvalue weighted by Gasteiger charge is -2.47. The molecule has 0 spiro atoms. The van der Waals surface area contributed by atoms with E-state index in [0.29, 0.717) is 32.2 Å². The van der Waals surface area contributed by atoms with Crippen LogP contribution >= 0.6 is 0 Å². The molecule has 304 valence electrons. The van der Waals surface area contributed by atoms with E-state index in [9.17, 15) is 40.5 Å². The fourth-order valence-corrected chi connectivity index (χ4v) is 7.33. The number of rotatable bonds is 13. The van der Waals surface area contributed by atoms with Gasteiger partial charge >= 0.3 is 0 Å². The second kappa shape index (κ2) is 20.4. The highest BCUT2D eigenvalue weighted by Crippen LogP contribution is 2.40. The van der Waals surface area contributed by atoms with Gasteiger partial charge in [-0.05, 0) is 44.4 Å². The molecule has 19 atom stereocenters.